The highest BCUT2D eigenvalue weighted by Crippen LogP contribution is 2.28. The third kappa shape index (κ3) is 11.6. The van der Waals surface area contributed by atoms with Gasteiger partial charge >= 0.3 is 0 Å². The van der Waals surface area contributed by atoms with Crippen molar-refractivity contribution in [2.45, 2.75) is 143 Å². The van der Waals surface area contributed by atoms with Crippen LogP contribution in [0, 0.1) is 65.2 Å². The molecule has 0 unspecified atom stereocenters. The Labute approximate surface area is 200 Å². The van der Waals surface area contributed by atoms with Crippen molar-refractivity contribution in [2.75, 3.05) is 0 Å². The summed E-state index contributed by atoms with van der Waals surface area (Å²) >= 11 is 0. The fraction of sp³-hybridized carbons (Fsp3) is 0.806. The van der Waals surface area contributed by atoms with Crippen molar-refractivity contribution in [3.8, 4) is 0 Å². The fourth-order valence-electron chi connectivity index (χ4n) is 4.54. The minimum absolute atomic E-state index is 0. The summed E-state index contributed by atoms with van der Waals surface area (Å²) in [5.41, 5.74) is 8.73. The zero-order valence-electron chi connectivity index (χ0n) is 21.0. The number of hydrogen-bond donors (Lipinski definition) is 0. The predicted molar refractivity (Wildman–Crippen MR) is 149 cm³/mol. The van der Waals surface area contributed by atoms with Gasteiger partial charge in [0, 0.05) is 0 Å². The highest BCUT2D eigenvalue weighted by Gasteiger charge is 2.14. The quantitative estimate of drug-likeness (QED) is 0.381. The lowest BCUT2D eigenvalue weighted by Crippen LogP contribution is -2.08. The second kappa shape index (κ2) is 16.8. The average Bonchev–Trinajstić information content (AvgIpc) is 2.69. The zero-order valence-corrected chi connectivity index (χ0v) is 21.0. The maximum Gasteiger partial charge on any atom is -0.0392 e. The zero-order chi connectivity index (χ0) is 21.4. The van der Waals surface area contributed by atoms with E-state index in [0.717, 1.165) is 23.7 Å². The lowest BCUT2D eigenvalue weighted by molar-refractivity contribution is 0.308. The Balaban J connectivity index is -0.000000372. The Morgan fingerprint density at radius 1 is 0.323 bits per heavy atom. The lowest BCUT2D eigenvalue weighted by Gasteiger charge is -2.22. The smallest absolute Gasteiger partial charge is 0.0392 e. The van der Waals surface area contributed by atoms with Gasteiger partial charge in [-0.05, 0) is 98.6 Å². The Kier molecular flexibility index (Phi) is 18.9. The summed E-state index contributed by atoms with van der Waals surface area (Å²) in [6.07, 6.45) is 11.8. The molecule has 0 aromatic heterocycles. The molecule has 0 radical (unpaired) electrons. The molecule has 0 N–H and O–H groups in total. The largest absolute Gasteiger partial charge is 0.0776 e. The summed E-state index contributed by atoms with van der Waals surface area (Å²) in [4.78, 5) is 0. The molecule has 3 rings (SSSR count). The van der Waals surface area contributed by atoms with Gasteiger partial charge in [-0.15, -0.1) is 0 Å². The summed E-state index contributed by atoms with van der Waals surface area (Å²) in [5.74, 6) is 4.08. The molecule has 1 aromatic carbocycles. The number of benzene rings is 1. The van der Waals surface area contributed by atoms with E-state index in [9.17, 15) is 0 Å². The summed E-state index contributed by atoms with van der Waals surface area (Å²) in [6.45, 7) is 22.7. The Bertz CT molecular complexity index is 434. The van der Waals surface area contributed by atoms with Crippen LogP contribution in [0.5, 0.6) is 0 Å². The first-order chi connectivity index (χ1) is 13.0. The molecule has 0 atom stereocenters. The molecule has 31 heavy (non-hydrogen) atoms. The second-order valence-electron chi connectivity index (χ2n) is 10.5. The molecule has 0 aliphatic heterocycles. The molecular formula is C31H62. The number of rotatable bonds is 0. The van der Waals surface area contributed by atoms with E-state index in [1.54, 1.807) is 0 Å². The van der Waals surface area contributed by atoms with Crippen molar-refractivity contribution in [3.63, 3.8) is 0 Å². The normalized spacial score (nSPS) is 24.6. The molecule has 2 fully saturated rings. The molecule has 2 aliphatic carbocycles. The van der Waals surface area contributed by atoms with Crippen molar-refractivity contribution >= 4 is 0 Å². The van der Waals surface area contributed by atoms with Crippen LogP contribution in [0.25, 0.3) is 0 Å². The molecule has 0 saturated heterocycles. The van der Waals surface area contributed by atoms with E-state index in [1.165, 1.54) is 84.7 Å². The van der Waals surface area contributed by atoms with Gasteiger partial charge in [0.05, 0.1) is 0 Å². The van der Waals surface area contributed by atoms with Crippen molar-refractivity contribution < 1.29 is 0 Å². The molecule has 0 spiro atoms. The van der Waals surface area contributed by atoms with Crippen molar-refractivity contribution in [3.05, 3.63) is 33.4 Å². The average molecular weight is 435 g/mol. The number of hydrogen-bond acceptors (Lipinski definition) is 0. The summed E-state index contributed by atoms with van der Waals surface area (Å²) in [5, 5.41) is 0. The Morgan fingerprint density at radius 3 is 0.516 bits per heavy atom. The monoisotopic (exact) mass is 434 g/mol. The van der Waals surface area contributed by atoms with Gasteiger partial charge in [-0.3, -0.25) is 0 Å². The van der Waals surface area contributed by atoms with Crippen LogP contribution in [-0.2, 0) is 0 Å². The van der Waals surface area contributed by atoms with Gasteiger partial charge < -0.3 is 0 Å². The van der Waals surface area contributed by atoms with E-state index in [1.807, 2.05) is 0 Å². The van der Waals surface area contributed by atoms with E-state index in [2.05, 4.69) is 69.2 Å². The lowest BCUT2D eigenvalue weighted by atomic mass is 9.84. The van der Waals surface area contributed by atoms with Crippen LogP contribution in [0.1, 0.15) is 135 Å². The highest BCUT2D eigenvalue weighted by molar-refractivity contribution is 5.48. The van der Waals surface area contributed by atoms with Crippen LogP contribution in [-0.4, -0.2) is 0 Å². The molecule has 0 bridgehead atoms. The van der Waals surface area contributed by atoms with E-state index in [4.69, 9.17) is 0 Å². The van der Waals surface area contributed by atoms with Crippen molar-refractivity contribution in [2.24, 2.45) is 23.7 Å². The van der Waals surface area contributed by atoms with Gasteiger partial charge in [0.15, 0.2) is 0 Å². The molecule has 2 aliphatic rings. The Morgan fingerprint density at radius 2 is 0.419 bits per heavy atom. The molecular weight excluding hydrogens is 372 g/mol. The van der Waals surface area contributed by atoms with Gasteiger partial charge in [-0.2, -0.15) is 0 Å². The van der Waals surface area contributed by atoms with E-state index in [-0.39, 0.29) is 22.3 Å². The van der Waals surface area contributed by atoms with Gasteiger partial charge in [-0.25, -0.2) is 0 Å². The van der Waals surface area contributed by atoms with Gasteiger partial charge in [0.25, 0.3) is 0 Å². The first-order valence-electron chi connectivity index (χ1n) is 12.1. The highest BCUT2D eigenvalue weighted by atomic mass is 14.2. The molecule has 0 heterocycles. The summed E-state index contributed by atoms with van der Waals surface area (Å²) in [6, 6.07) is 0. The van der Waals surface area contributed by atoms with Crippen LogP contribution in [0.4, 0.5) is 0 Å². The third-order valence-electron chi connectivity index (χ3n) is 7.98. The first-order valence-corrected chi connectivity index (χ1v) is 12.1. The SMILES string of the molecule is C.C.C.CC1CCC(C)CC1.CC1CCC(C)CC1.Cc1c(C)c(C)c(C)c(C)c1C. The topological polar surface area (TPSA) is 0 Å². The molecule has 0 heteroatoms. The minimum atomic E-state index is 0. The van der Waals surface area contributed by atoms with E-state index < -0.39 is 0 Å². The maximum absolute atomic E-state index is 2.37. The van der Waals surface area contributed by atoms with Crippen LogP contribution in [0.15, 0.2) is 0 Å². The Hall–Kier alpha value is -0.780. The molecule has 186 valence electrons. The molecule has 2 saturated carbocycles. The molecule has 0 amide bonds. The van der Waals surface area contributed by atoms with Gasteiger partial charge in [0.1, 0.15) is 0 Å². The first kappa shape index (κ1) is 34.8. The standard InChI is InChI=1S/C12H18.2C8H16.3CH4/c1-7-8(2)10(4)12(6)11(5)9(7)3;2*1-7-3-5-8(2)6-4-7;;;/h1-6H3;2*7-8H,3-6H2,1-2H3;3*1H4. The van der Waals surface area contributed by atoms with Crippen LogP contribution in [0.3, 0.4) is 0 Å². The third-order valence-corrected chi connectivity index (χ3v) is 7.98. The fourth-order valence-corrected chi connectivity index (χ4v) is 4.54. The van der Waals surface area contributed by atoms with Crippen molar-refractivity contribution in [1.82, 2.24) is 0 Å². The van der Waals surface area contributed by atoms with E-state index >= 15 is 0 Å². The minimum Gasteiger partial charge on any atom is -0.0776 e. The van der Waals surface area contributed by atoms with Gasteiger partial charge in [-0.1, -0.05) is 101 Å². The van der Waals surface area contributed by atoms with Crippen LogP contribution >= 0.6 is 0 Å². The molecule has 0 nitrogen and oxygen atoms in total. The summed E-state index contributed by atoms with van der Waals surface area (Å²) < 4.78 is 0. The van der Waals surface area contributed by atoms with Gasteiger partial charge in [0.2, 0.25) is 0 Å². The van der Waals surface area contributed by atoms with Crippen molar-refractivity contribution in [1.29, 1.82) is 0 Å². The molecule has 1 aromatic rings. The van der Waals surface area contributed by atoms with Crippen LogP contribution in [0.2, 0.25) is 0 Å². The predicted octanol–water partition coefficient (Wildman–Crippen LogP) is 11.1. The second-order valence-corrected chi connectivity index (χ2v) is 10.5. The van der Waals surface area contributed by atoms with Crippen LogP contribution < -0.4 is 0 Å². The van der Waals surface area contributed by atoms with E-state index in [0.29, 0.717) is 0 Å². The summed E-state index contributed by atoms with van der Waals surface area (Å²) in [7, 11) is 0. The maximum atomic E-state index is 2.37.